The number of ether oxygens (including phenoxy) is 2. The van der Waals surface area contributed by atoms with Crippen LogP contribution >= 0.6 is 0 Å². The summed E-state index contributed by atoms with van der Waals surface area (Å²) in [6.07, 6.45) is 3.84. The Bertz CT molecular complexity index is 290. The average Bonchev–Trinajstić information content (AvgIpc) is 2.31. The van der Waals surface area contributed by atoms with Crippen LogP contribution in [-0.2, 0) is 9.47 Å². The van der Waals surface area contributed by atoms with Crippen molar-refractivity contribution in [3.8, 4) is 0 Å². The maximum atomic E-state index is 5.58. The molecule has 1 aliphatic rings. The highest BCUT2D eigenvalue weighted by atomic mass is 16.5. The zero-order valence-electron chi connectivity index (χ0n) is 8.93. The normalized spacial score (nSPS) is 21.7. The predicted molar refractivity (Wildman–Crippen MR) is 58.1 cm³/mol. The highest BCUT2D eigenvalue weighted by Gasteiger charge is 2.20. The number of methoxy groups -OCH3 is 1. The van der Waals surface area contributed by atoms with E-state index in [1.807, 2.05) is 12.3 Å². The summed E-state index contributed by atoms with van der Waals surface area (Å²) in [4.78, 5) is 6.40. The molecule has 1 fully saturated rings. The van der Waals surface area contributed by atoms with E-state index in [4.69, 9.17) is 9.47 Å². The number of hydrogen-bond acceptors (Lipinski definition) is 4. The Balaban J connectivity index is 1.98. The van der Waals surface area contributed by atoms with Crippen LogP contribution in [0.15, 0.2) is 24.5 Å². The summed E-state index contributed by atoms with van der Waals surface area (Å²) >= 11 is 0. The standard InChI is InChI=1S/C11H16N2O2/c1-14-9-11-8-13(5-6-15-11)10-3-2-4-12-7-10/h2-4,7,11H,5-6,8-9H2,1H3/t11-/m0/s1. The van der Waals surface area contributed by atoms with Crippen molar-refractivity contribution in [3.63, 3.8) is 0 Å². The summed E-state index contributed by atoms with van der Waals surface area (Å²) in [6.45, 7) is 3.20. The van der Waals surface area contributed by atoms with Crippen molar-refractivity contribution in [3.05, 3.63) is 24.5 Å². The summed E-state index contributed by atoms with van der Waals surface area (Å²) in [5.74, 6) is 0. The van der Waals surface area contributed by atoms with E-state index < -0.39 is 0 Å². The van der Waals surface area contributed by atoms with Crippen molar-refractivity contribution in [1.29, 1.82) is 0 Å². The minimum Gasteiger partial charge on any atom is -0.382 e. The number of rotatable bonds is 3. The third-order valence-electron chi connectivity index (χ3n) is 2.50. The van der Waals surface area contributed by atoms with Gasteiger partial charge in [-0.05, 0) is 12.1 Å². The molecule has 4 nitrogen and oxygen atoms in total. The maximum Gasteiger partial charge on any atom is 0.0983 e. The van der Waals surface area contributed by atoms with Gasteiger partial charge in [0.2, 0.25) is 0 Å². The molecule has 0 bridgehead atoms. The molecule has 0 N–H and O–H groups in total. The first-order valence-electron chi connectivity index (χ1n) is 5.15. The molecule has 0 radical (unpaired) electrons. The molecule has 4 heteroatoms. The van der Waals surface area contributed by atoms with Gasteiger partial charge in [-0.25, -0.2) is 0 Å². The lowest BCUT2D eigenvalue weighted by Crippen LogP contribution is -2.44. The van der Waals surface area contributed by atoms with Gasteiger partial charge in [-0.1, -0.05) is 0 Å². The number of nitrogens with zero attached hydrogens (tertiary/aromatic N) is 2. The lowest BCUT2D eigenvalue weighted by Gasteiger charge is -2.33. The highest BCUT2D eigenvalue weighted by molar-refractivity contribution is 5.44. The van der Waals surface area contributed by atoms with Gasteiger partial charge in [-0.3, -0.25) is 4.98 Å². The molecule has 1 aliphatic heterocycles. The Morgan fingerprint density at radius 3 is 3.33 bits per heavy atom. The molecule has 0 amide bonds. The fourth-order valence-electron chi connectivity index (χ4n) is 1.78. The Kier molecular flexibility index (Phi) is 3.53. The van der Waals surface area contributed by atoms with Gasteiger partial charge in [0, 0.05) is 26.4 Å². The van der Waals surface area contributed by atoms with Crippen LogP contribution in [0.5, 0.6) is 0 Å². The molecule has 0 unspecified atom stereocenters. The SMILES string of the molecule is COC[C@@H]1CN(c2cccnc2)CCO1. The van der Waals surface area contributed by atoms with Crippen LogP contribution in [0.2, 0.25) is 0 Å². The van der Waals surface area contributed by atoms with E-state index in [1.165, 1.54) is 0 Å². The molecule has 15 heavy (non-hydrogen) atoms. The lowest BCUT2D eigenvalue weighted by atomic mass is 10.2. The quantitative estimate of drug-likeness (QED) is 0.740. The molecular weight excluding hydrogens is 192 g/mol. The Hall–Kier alpha value is -1.13. The molecule has 1 aromatic heterocycles. The van der Waals surface area contributed by atoms with Gasteiger partial charge in [-0.15, -0.1) is 0 Å². The van der Waals surface area contributed by atoms with Crippen LogP contribution in [0.4, 0.5) is 5.69 Å². The van der Waals surface area contributed by atoms with E-state index in [1.54, 1.807) is 13.3 Å². The van der Waals surface area contributed by atoms with Crippen LogP contribution in [0, 0.1) is 0 Å². The maximum absolute atomic E-state index is 5.58. The van der Waals surface area contributed by atoms with Crippen LogP contribution in [0.3, 0.4) is 0 Å². The van der Waals surface area contributed by atoms with Gasteiger partial charge in [-0.2, -0.15) is 0 Å². The summed E-state index contributed by atoms with van der Waals surface area (Å²) in [5.41, 5.74) is 1.15. The van der Waals surface area contributed by atoms with E-state index in [0.29, 0.717) is 6.61 Å². The number of aromatic nitrogens is 1. The van der Waals surface area contributed by atoms with E-state index in [9.17, 15) is 0 Å². The number of hydrogen-bond donors (Lipinski definition) is 0. The first-order chi connectivity index (χ1) is 7.40. The molecule has 0 aromatic carbocycles. The van der Waals surface area contributed by atoms with Crippen molar-refractivity contribution in [2.75, 3.05) is 38.3 Å². The lowest BCUT2D eigenvalue weighted by molar-refractivity contribution is -0.0100. The molecule has 0 spiro atoms. The summed E-state index contributed by atoms with van der Waals surface area (Å²) in [7, 11) is 1.70. The molecule has 1 saturated heterocycles. The fraction of sp³-hybridized carbons (Fsp3) is 0.545. The van der Waals surface area contributed by atoms with Crippen LogP contribution in [-0.4, -0.2) is 44.5 Å². The minimum absolute atomic E-state index is 0.170. The topological polar surface area (TPSA) is 34.6 Å². The fourth-order valence-corrected chi connectivity index (χ4v) is 1.78. The third-order valence-corrected chi connectivity index (χ3v) is 2.50. The molecule has 0 saturated carbocycles. The molecular formula is C11H16N2O2. The average molecular weight is 208 g/mol. The second-order valence-corrected chi connectivity index (χ2v) is 3.61. The van der Waals surface area contributed by atoms with Crippen molar-refractivity contribution in [2.24, 2.45) is 0 Å². The second-order valence-electron chi connectivity index (χ2n) is 3.61. The Labute approximate surface area is 89.8 Å². The Morgan fingerprint density at radius 2 is 2.60 bits per heavy atom. The van der Waals surface area contributed by atoms with E-state index in [2.05, 4.69) is 16.0 Å². The molecule has 82 valence electrons. The second kappa shape index (κ2) is 5.09. The molecule has 1 aromatic rings. The van der Waals surface area contributed by atoms with Crippen LogP contribution in [0.25, 0.3) is 0 Å². The monoisotopic (exact) mass is 208 g/mol. The van der Waals surface area contributed by atoms with Crippen molar-refractivity contribution < 1.29 is 9.47 Å². The van der Waals surface area contributed by atoms with Crippen molar-refractivity contribution in [2.45, 2.75) is 6.10 Å². The summed E-state index contributed by atoms with van der Waals surface area (Å²) in [5, 5.41) is 0. The smallest absolute Gasteiger partial charge is 0.0983 e. The largest absolute Gasteiger partial charge is 0.382 e. The summed E-state index contributed by atoms with van der Waals surface area (Å²) < 4.78 is 10.7. The van der Waals surface area contributed by atoms with Gasteiger partial charge in [0.1, 0.15) is 0 Å². The minimum atomic E-state index is 0.170. The number of anilines is 1. The predicted octanol–water partition coefficient (Wildman–Crippen LogP) is 0.933. The van der Waals surface area contributed by atoms with Gasteiger partial charge in [0.15, 0.2) is 0 Å². The first kappa shape index (κ1) is 10.4. The van der Waals surface area contributed by atoms with Crippen LogP contribution < -0.4 is 4.90 Å². The van der Waals surface area contributed by atoms with Crippen molar-refractivity contribution >= 4 is 5.69 Å². The van der Waals surface area contributed by atoms with E-state index >= 15 is 0 Å². The van der Waals surface area contributed by atoms with Gasteiger partial charge in [0.05, 0.1) is 31.2 Å². The first-order valence-corrected chi connectivity index (χ1v) is 5.15. The van der Waals surface area contributed by atoms with Crippen LogP contribution in [0.1, 0.15) is 0 Å². The zero-order valence-corrected chi connectivity index (χ0v) is 8.93. The zero-order chi connectivity index (χ0) is 10.5. The van der Waals surface area contributed by atoms with Gasteiger partial charge >= 0.3 is 0 Å². The third kappa shape index (κ3) is 2.67. The van der Waals surface area contributed by atoms with Crippen molar-refractivity contribution in [1.82, 2.24) is 4.98 Å². The van der Waals surface area contributed by atoms with Gasteiger partial charge < -0.3 is 14.4 Å². The Morgan fingerprint density at radius 1 is 1.67 bits per heavy atom. The number of pyridine rings is 1. The summed E-state index contributed by atoms with van der Waals surface area (Å²) in [6, 6.07) is 4.03. The molecule has 0 aliphatic carbocycles. The van der Waals surface area contributed by atoms with E-state index in [-0.39, 0.29) is 6.10 Å². The molecule has 1 atom stereocenters. The number of morpholine rings is 1. The van der Waals surface area contributed by atoms with Gasteiger partial charge in [0.25, 0.3) is 0 Å². The molecule has 2 heterocycles. The van der Waals surface area contributed by atoms with E-state index in [0.717, 1.165) is 25.4 Å². The highest BCUT2D eigenvalue weighted by Crippen LogP contribution is 2.15. The molecule has 2 rings (SSSR count).